The minimum absolute atomic E-state index is 0.0758. The lowest BCUT2D eigenvalue weighted by Gasteiger charge is -2.63. The number of carboxylic acid groups (broad SMARTS) is 1. The fourth-order valence-corrected chi connectivity index (χ4v) is 13.0. The van der Waals surface area contributed by atoms with Crippen LogP contribution >= 0.6 is 0 Å². The van der Waals surface area contributed by atoms with Crippen molar-refractivity contribution in [3.05, 3.63) is 11.6 Å². The van der Waals surface area contributed by atoms with Crippen LogP contribution in [-0.2, 0) is 23.8 Å². The molecule has 5 saturated carbocycles. The lowest BCUT2D eigenvalue weighted by Crippen LogP contribution is -2.63. The van der Waals surface area contributed by atoms with E-state index in [0.717, 1.165) is 57.8 Å². The first-order valence-electron chi connectivity index (χ1n) is 17.7. The lowest BCUT2D eigenvalue weighted by molar-refractivity contribution is -0.326. The van der Waals surface area contributed by atoms with Crippen LogP contribution in [0.25, 0.3) is 0 Å². The van der Waals surface area contributed by atoms with E-state index in [1.165, 1.54) is 0 Å². The van der Waals surface area contributed by atoms with Crippen LogP contribution in [0.15, 0.2) is 11.6 Å². The second-order valence-corrected chi connectivity index (χ2v) is 17.0. The number of aliphatic carboxylic acids is 1. The molecule has 0 bridgehead atoms. The normalized spacial score (nSPS) is 55.2. The fourth-order valence-electron chi connectivity index (χ4n) is 13.0. The molecule has 16 atom stereocenters. The molecule has 1 saturated heterocycles. The summed E-state index contributed by atoms with van der Waals surface area (Å²) in [4.78, 5) is 25.7. The third-order valence-electron chi connectivity index (χ3n) is 15.8. The van der Waals surface area contributed by atoms with E-state index in [9.17, 15) is 35.1 Å². The van der Waals surface area contributed by atoms with Gasteiger partial charge in [0.15, 0.2) is 6.29 Å². The zero-order chi connectivity index (χ0) is 33.2. The van der Waals surface area contributed by atoms with Crippen molar-refractivity contribution in [1.29, 1.82) is 0 Å². The van der Waals surface area contributed by atoms with Crippen LogP contribution in [0.5, 0.6) is 0 Å². The van der Waals surface area contributed by atoms with Gasteiger partial charge in [0, 0.05) is 12.0 Å². The van der Waals surface area contributed by atoms with Gasteiger partial charge < -0.3 is 39.7 Å². The Hall–Kier alpha value is -1.56. The van der Waals surface area contributed by atoms with Gasteiger partial charge in [-0.2, -0.15) is 0 Å². The Morgan fingerprint density at radius 2 is 1.65 bits per heavy atom. The molecule has 46 heavy (non-hydrogen) atoms. The minimum atomic E-state index is -1.58. The van der Waals surface area contributed by atoms with Crippen LogP contribution in [-0.4, -0.2) is 87.0 Å². The Kier molecular flexibility index (Phi) is 7.68. The minimum Gasteiger partial charge on any atom is -0.481 e. The van der Waals surface area contributed by atoms with Crippen molar-refractivity contribution in [2.75, 3.05) is 6.61 Å². The molecule has 0 amide bonds. The molecule has 5 aliphatic carbocycles. The highest BCUT2D eigenvalue weighted by atomic mass is 16.7. The van der Waals surface area contributed by atoms with Gasteiger partial charge in [-0.25, -0.2) is 4.79 Å². The maximum absolute atomic E-state index is 13.3. The SMILES string of the molecule is CC1=CC[C@@H]([C@@H](C)[C@H]2CC[C@@]3(C)[C@@H]4CC[C@H]5[C@](C)(C(=O)O)[C@@H](O[C@@H]6O[C@H](CO)[C@@H](O)[C@H](O)[C@H]6O)CC[C@@]56C[C@@]46CC[C@]23C)OC1=O. The molecule has 2 heterocycles. The predicted molar refractivity (Wildman–Crippen MR) is 165 cm³/mol. The van der Waals surface area contributed by atoms with E-state index in [4.69, 9.17) is 14.2 Å². The van der Waals surface area contributed by atoms with E-state index in [-0.39, 0.29) is 45.6 Å². The zero-order valence-electron chi connectivity index (χ0n) is 28.0. The van der Waals surface area contributed by atoms with Crippen molar-refractivity contribution >= 4 is 11.9 Å². The van der Waals surface area contributed by atoms with E-state index < -0.39 is 54.8 Å². The smallest absolute Gasteiger partial charge is 0.333 e. The highest BCUT2D eigenvalue weighted by Gasteiger charge is 2.83. The topological polar surface area (TPSA) is 163 Å². The van der Waals surface area contributed by atoms with E-state index in [2.05, 4.69) is 20.8 Å². The van der Waals surface area contributed by atoms with Crippen LogP contribution in [0.4, 0.5) is 0 Å². The van der Waals surface area contributed by atoms with Gasteiger partial charge in [-0.1, -0.05) is 26.8 Å². The second kappa shape index (κ2) is 10.7. The molecule has 7 aliphatic rings. The number of fused-ring (bicyclic) bond motifs is 2. The highest BCUT2D eigenvalue weighted by Crippen LogP contribution is 2.89. The molecule has 10 heteroatoms. The quantitative estimate of drug-likeness (QED) is 0.213. The van der Waals surface area contributed by atoms with Gasteiger partial charge in [-0.3, -0.25) is 4.79 Å². The Morgan fingerprint density at radius 1 is 0.957 bits per heavy atom. The maximum Gasteiger partial charge on any atom is 0.333 e. The van der Waals surface area contributed by atoms with E-state index in [1.807, 2.05) is 13.0 Å². The highest BCUT2D eigenvalue weighted by molar-refractivity contribution is 5.88. The Bertz CT molecular complexity index is 1300. The molecule has 258 valence electrons. The monoisotopic (exact) mass is 646 g/mol. The number of hydrogen-bond donors (Lipinski definition) is 5. The first kappa shape index (κ1) is 33.0. The molecule has 7 rings (SSSR count). The molecule has 6 fully saturated rings. The van der Waals surface area contributed by atoms with Crippen LogP contribution < -0.4 is 0 Å². The predicted octanol–water partition coefficient (Wildman–Crippen LogP) is 3.57. The number of hydrogen-bond acceptors (Lipinski definition) is 9. The standard InChI is InChI=1S/C36H54O10/c1-18-6-7-21(44-29(18)41)19(2)20-10-12-33(4)23-8-9-24-34(5,31(42)43)25(46-30-28(40)27(39)26(38)22(16-37)45-30)11-13-35(24)17-36(23,35)15-14-32(20,33)3/h6,19-28,30,37-40H,7-17H2,1-5H3,(H,42,43)/t19-,20+,21-,22+,23-,24-,25-,26+,27-,28+,30-,32+,33-,34-,35+,36-/m0/s1. The number of carbonyl (C=O) groups is 2. The number of esters is 1. The van der Waals surface area contributed by atoms with Crippen LogP contribution in [0.1, 0.15) is 98.8 Å². The average Bonchev–Trinajstić information content (AvgIpc) is 3.61. The maximum atomic E-state index is 13.3. The summed E-state index contributed by atoms with van der Waals surface area (Å²) < 4.78 is 17.9. The van der Waals surface area contributed by atoms with Gasteiger partial charge in [0.1, 0.15) is 30.5 Å². The van der Waals surface area contributed by atoms with Crippen molar-refractivity contribution in [3.8, 4) is 0 Å². The molecule has 0 aromatic carbocycles. The molecule has 0 unspecified atom stereocenters. The number of cyclic esters (lactones) is 1. The number of aliphatic hydroxyl groups is 4. The largest absolute Gasteiger partial charge is 0.481 e. The van der Waals surface area contributed by atoms with Crippen molar-refractivity contribution < 1.29 is 49.3 Å². The van der Waals surface area contributed by atoms with Gasteiger partial charge in [0.05, 0.1) is 18.1 Å². The Balaban J connectivity index is 1.13. The molecule has 2 aliphatic heterocycles. The summed E-state index contributed by atoms with van der Waals surface area (Å²) in [6.07, 6.45) is 3.43. The van der Waals surface area contributed by atoms with Crippen molar-refractivity contribution in [3.63, 3.8) is 0 Å². The van der Waals surface area contributed by atoms with Gasteiger partial charge in [0.25, 0.3) is 0 Å². The van der Waals surface area contributed by atoms with E-state index >= 15 is 0 Å². The molecule has 0 aromatic heterocycles. The summed E-state index contributed by atoms with van der Waals surface area (Å²) in [6, 6.07) is 0. The fraction of sp³-hybridized carbons (Fsp3) is 0.889. The first-order valence-corrected chi connectivity index (χ1v) is 17.7. The number of carbonyl (C=O) groups excluding carboxylic acids is 1. The average molecular weight is 647 g/mol. The molecular formula is C36H54O10. The number of carboxylic acids is 1. The summed E-state index contributed by atoms with van der Waals surface area (Å²) in [5, 5.41) is 51.8. The van der Waals surface area contributed by atoms with Crippen LogP contribution in [0.3, 0.4) is 0 Å². The summed E-state index contributed by atoms with van der Waals surface area (Å²) in [5.74, 6) is 0.0206. The van der Waals surface area contributed by atoms with Crippen molar-refractivity contribution in [2.24, 2.45) is 50.7 Å². The van der Waals surface area contributed by atoms with Crippen LogP contribution in [0.2, 0.25) is 0 Å². The molecule has 10 nitrogen and oxygen atoms in total. The molecule has 2 spiro atoms. The number of aliphatic hydroxyl groups excluding tert-OH is 4. The van der Waals surface area contributed by atoms with Gasteiger partial charge in [-0.05, 0) is 117 Å². The molecule has 0 radical (unpaired) electrons. The molecular weight excluding hydrogens is 592 g/mol. The summed E-state index contributed by atoms with van der Waals surface area (Å²) in [6.45, 7) is 10.3. The van der Waals surface area contributed by atoms with Crippen molar-refractivity contribution in [2.45, 2.75) is 142 Å². The lowest BCUT2D eigenvalue weighted by atomic mass is 9.41. The van der Waals surface area contributed by atoms with Crippen LogP contribution in [0, 0.1) is 50.7 Å². The third-order valence-corrected chi connectivity index (χ3v) is 15.8. The number of rotatable bonds is 6. The number of ether oxygens (including phenoxy) is 3. The molecule has 0 aromatic rings. The summed E-state index contributed by atoms with van der Waals surface area (Å²) in [5.41, 5.74) is -0.273. The Morgan fingerprint density at radius 3 is 2.33 bits per heavy atom. The van der Waals surface area contributed by atoms with Gasteiger partial charge in [0.2, 0.25) is 0 Å². The van der Waals surface area contributed by atoms with Gasteiger partial charge >= 0.3 is 11.9 Å². The van der Waals surface area contributed by atoms with E-state index in [0.29, 0.717) is 23.8 Å². The van der Waals surface area contributed by atoms with E-state index in [1.54, 1.807) is 6.92 Å². The summed E-state index contributed by atoms with van der Waals surface area (Å²) >= 11 is 0. The first-order chi connectivity index (χ1) is 21.6. The summed E-state index contributed by atoms with van der Waals surface area (Å²) in [7, 11) is 0. The Labute approximate surface area is 271 Å². The second-order valence-electron chi connectivity index (χ2n) is 17.0. The van der Waals surface area contributed by atoms with Crippen molar-refractivity contribution in [1.82, 2.24) is 0 Å². The third kappa shape index (κ3) is 4.09. The van der Waals surface area contributed by atoms with Gasteiger partial charge in [-0.15, -0.1) is 0 Å². The zero-order valence-corrected chi connectivity index (χ0v) is 28.0. The molecule has 5 N–H and O–H groups in total.